The van der Waals surface area contributed by atoms with Crippen LogP contribution in [-0.2, 0) is 9.59 Å². The number of amides is 2. The van der Waals surface area contributed by atoms with E-state index < -0.39 is 0 Å². The van der Waals surface area contributed by atoms with Gasteiger partial charge in [0.25, 0.3) is 5.91 Å². The maximum atomic E-state index is 13.3. The van der Waals surface area contributed by atoms with Crippen molar-refractivity contribution in [2.24, 2.45) is 11.3 Å². The van der Waals surface area contributed by atoms with Gasteiger partial charge in [0, 0.05) is 24.7 Å². The first-order valence-corrected chi connectivity index (χ1v) is 10.1. The van der Waals surface area contributed by atoms with Crippen LogP contribution in [0.4, 0.5) is 10.1 Å². The normalized spacial score (nSPS) is 19.3. The van der Waals surface area contributed by atoms with Crippen molar-refractivity contribution in [1.82, 2.24) is 4.90 Å². The van der Waals surface area contributed by atoms with E-state index in [1.165, 1.54) is 12.1 Å². The molecule has 7 heteroatoms. The van der Waals surface area contributed by atoms with Crippen molar-refractivity contribution < 1.29 is 23.5 Å². The third-order valence-corrected chi connectivity index (χ3v) is 6.13. The van der Waals surface area contributed by atoms with Crippen molar-refractivity contribution in [2.75, 3.05) is 32.1 Å². The number of piperidine rings is 1. The molecule has 1 heterocycles. The van der Waals surface area contributed by atoms with Gasteiger partial charge in [0.15, 0.2) is 18.1 Å². The van der Waals surface area contributed by atoms with Gasteiger partial charge in [-0.25, -0.2) is 4.39 Å². The van der Waals surface area contributed by atoms with E-state index in [1.807, 2.05) is 12.1 Å². The zero-order valence-electron chi connectivity index (χ0n) is 16.9. The molecule has 6 nitrogen and oxygen atoms in total. The maximum absolute atomic E-state index is 13.3. The van der Waals surface area contributed by atoms with E-state index >= 15 is 0 Å². The lowest BCUT2D eigenvalue weighted by molar-refractivity contribution is -0.135. The molecule has 1 aliphatic heterocycles. The Morgan fingerprint density at radius 1 is 1.13 bits per heavy atom. The van der Waals surface area contributed by atoms with Crippen molar-refractivity contribution in [3.05, 3.63) is 54.3 Å². The minimum Gasteiger partial charge on any atom is -0.493 e. The summed E-state index contributed by atoms with van der Waals surface area (Å²) < 4.78 is 24.2. The number of carbonyl (C=O) groups is 2. The molecule has 158 valence electrons. The molecule has 2 fully saturated rings. The molecule has 4 rings (SSSR count). The molecular formula is C23H25FN2O4. The highest BCUT2D eigenvalue weighted by molar-refractivity contribution is 5.95. The third kappa shape index (κ3) is 4.25. The standard InChI is InChI=1S/C23H25FN2O4/c1-29-19-7-2-3-8-20(19)30-15-21(27)26-11-9-23(10-12-26)14-18(23)22(28)25-17-6-4-5-16(24)13-17/h2-8,13,18H,9-12,14-15H2,1H3,(H,25,28)/t18-/m0/s1. The lowest BCUT2D eigenvalue weighted by Gasteiger charge is -2.32. The number of rotatable bonds is 6. The van der Waals surface area contributed by atoms with Crippen LogP contribution in [0.1, 0.15) is 19.3 Å². The van der Waals surface area contributed by atoms with Gasteiger partial charge in [0.05, 0.1) is 7.11 Å². The van der Waals surface area contributed by atoms with Crippen molar-refractivity contribution in [3.63, 3.8) is 0 Å². The Hall–Kier alpha value is -3.09. The molecule has 2 aromatic rings. The smallest absolute Gasteiger partial charge is 0.260 e. The first-order valence-electron chi connectivity index (χ1n) is 10.1. The quantitative estimate of drug-likeness (QED) is 0.789. The third-order valence-electron chi connectivity index (χ3n) is 6.13. The van der Waals surface area contributed by atoms with E-state index in [4.69, 9.17) is 9.47 Å². The monoisotopic (exact) mass is 412 g/mol. The SMILES string of the molecule is COc1ccccc1OCC(=O)N1CCC2(CC1)C[C@H]2C(=O)Nc1cccc(F)c1. The number of methoxy groups -OCH3 is 1. The second-order valence-corrected chi connectivity index (χ2v) is 7.94. The van der Waals surface area contributed by atoms with Crippen LogP contribution in [0.5, 0.6) is 11.5 Å². The van der Waals surface area contributed by atoms with Crippen molar-refractivity contribution in [1.29, 1.82) is 0 Å². The van der Waals surface area contributed by atoms with Gasteiger partial charge in [-0.15, -0.1) is 0 Å². The van der Waals surface area contributed by atoms with Gasteiger partial charge in [0.2, 0.25) is 5.91 Å². The zero-order chi connectivity index (χ0) is 21.1. The van der Waals surface area contributed by atoms with Crippen LogP contribution in [0.15, 0.2) is 48.5 Å². The Morgan fingerprint density at radius 2 is 1.87 bits per heavy atom. The van der Waals surface area contributed by atoms with Gasteiger partial charge in [0.1, 0.15) is 5.82 Å². The second-order valence-electron chi connectivity index (χ2n) is 7.94. The average molecular weight is 412 g/mol. The summed E-state index contributed by atoms with van der Waals surface area (Å²) in [6.07, 6.45) is 2.39. The number of nitrogens with one attached hydrogen (secondary N) is 1. The molecule has 1 saturated carbocycles. The fourth-order valence-electron chi connectivity index (χ4n) is 4.24. The number of ether oxygens (including phenoxy) is 2. The van der Waals surface area contributed by atoms with E-state index in [9.17, 15) is 14.0 Å². The van der Waals surface area contributed by atoms with Gasteiger partial charge in [-0.05, 0) is 55.0 Å². The lowest BCUT2D eigenvalue weighted by atomic mass is 9.90. The second kappa shape index (κ2) is 8.34. The van der Waals surface area contributed by atoms with Crippen molar-refractivity contribution >= 4 is 17.5 Å². The van der Waals surface area contributed by atoms with Gasteiger partial charge in [-0.3, -0.25) is 9.59 Å². The highest BCUT2D eigenvalue weighted by Crippen LogP contribution is 2.59. The molecule has 0 bridgehead atoms. The molecule has 1 aliphatic carbocycles. The topological polar surface area (TPSA) is 67.9 Å². The van der Waals surface area contributed by atoms with E-state index in [1.54, 1.807) is 36.3 Å². The molecule has 2 aromatic carbocycles. The van der Waals surface area contributed by atoms with Crippen LogP contribution >= 0.6 is 0 Å². The highest BCUT2D eigenvalue weighted by Gasteiger charge is 2.58. The molecule has 0 unspecified atom stereocenters. The molecule has 0 radical (unpaired) electrons. The van der Waals surface area contributed by atoms with Crippen LogP contribution in [0.25, 0.3) is 0 Å². The summed E-state index contributed by atoms with van der Waals surface area (Å²) in [7, 11) is 1.56. The molecular weight excluding hydrogens is 387 g/mol. The minimum atomic E-state index is -0.375. The number of para-hydroxylation sites is 2. The summed E-state index contributed by atoms with van der Waals surface area (Å²) in [5.74, 6) is 0.534. The van der Waals surface area contributed by atoms with Crippen molar-refractivity contribution in [2.45, 2.75) is 19.3 Å². The lowest BCUT2D eigenvalue weighted by Crippen LogP contribution is -2.42. The molecule has 0 aromatic heterocycles. The van der Waals surface area contributed by atoms with Crippen molar-refractivity contribution in [3.8, 4) is 11.5 Å². The first-order chi connectivity index (χ1) is 14.5. The van der Waals surface area contributed by atoms with Gasteiger partial charge < -0.3 is 19.7 Å². The first kappa shape index (κ1) is 20.2. The maximum Gasteiger partial charge on any atom is 0.260 e. The van der Waals surface area contributed by atoms with Crippen LogP contribution in [0.3, 0.4) is 0 Å². The summed E-state index contributed by atoms with van der Waals surface area (Å²) in [5.41, 5.74) is 0.431. The van der Waals surface area contributed by atoms with E-state index in [0.717, 1.165) is 19.3 Å². The fourth-order valence-corrected chi connectivity index (χ4v) is 4.24. The predicted octanol–water partition coefficient (Wildman–Crippen LogP) is 3.48. The van der Waals surface area contributed by atoms with E-state index in [2.05, 4.69) is 5.32 Å². The molecule has 2 aliphatic rings. The summed E-state index contributed by atoms with van der Waals surface area (Å²) >= 11 is 0. The molecule has 1 saturated heterocycles. The number of benzene rings is 2. The Kier molecular flexibility index (Phi) is 5.61. The fraction of sp³-hybridized carbons (Fsp3) is 0.391. The molecule has 1 spiro atoms. The molecule has 1 N–H and O–H groups in total. The van der Waals surface area contributed by atoms with Crippen LogP contribution in [0.2, 0.25) is 0 Å². The van der Waals surface area contributed by atoms with Gasteiger partial charge in [-0.2, -0.15) is 0 Å². The summed E-state index contributed by atoms with van der Waals surface area (Å²) in [5, 5.41) is 2.81. The van der Waals surface area contributed by atoms with E-state index in [0.29, 0.717) is 30.3 Å². The largest absolute Gasteiger partial charge is 0.493 e. The molecule has 2 amide bonds. The number of halogens is 1. The number of likely N-dealkylation sites (tertiary alicyclic amines) is 1. The predicted molar refractivity (Wildman–Crippen MR) is 110 cm³/mol. The number of hydrogen-bond acceptors (Lipinski definition) is 4. The zero-order valence-corrected chi connectivity index (χ0v) is 16.9. The van der Waals surface area contributed by atoms with Crippen LogP contribution < -0.4 is 14.8 Å². The Morgan fingerprint density at radius 3 is 2.57 bits per heavy atom. The minimum absolute atomic E-state index is 0.0440. The van der Waals surface area contributed by atoms with Crippen LogP contribution in [0, 0.1) is 17.2 Å². The number of nitrogens with zero attached hydrogens (tertiary/aromatic N) is 1. The highest BCUT2D eigenvalue weighted by atomic mass is 19.1. The molecule has 1 atom stereocenters. The summed E-state index contributed by atoms with van der Waals surface area (Å²) in [6, 6.07) is 13.1. The average Bonchev–Trinajstić information content (AvgIpc) is 3.46. The summed E-state index contributed by atoms with van der Waals surface area (Å²) in [6.45, 7) is 1.17. The number of carbonyl (C=O) groups excluding carboxylic acids is 2. The van der Waals surface area contributed by atoms with E-state index in [-0.39, 0.29) is 35.6 Å². The molecule has 30 heavy (non-hydrogen) atoms. The van der Waals surface area contributed by atoms with Crippen LogP contribution in [-0.4, -0.2) is 43.5 Å². The Balaban J connectivity index is 1.26. The van der Waals surface area contributed by atoms with Gasteiger partial charge >= 0.3 is 0 Å². The summed E-state index contributed by atoms with van der Waals surface area (Å²) in [4.78, 5) is 26.9. The van der Waals surface area contributed by atoms with Gasteiger partial charge in [-0.1, -0.05) is 18.2 Å². The number of hydrogen-bond donors (Lipinski definition) is 1. The number of anilines is 1. The Bertz CT molecular complexity index is 940. The Labute approximate surface area is 175 Å².